The summed E-state index contributed by atoms with van der Waals surface area (Å²) in [6.45, 7) is 3.41. The number of halogens is 3. The van der Waals surface area contributed by atoms with Gasteiger partial charge in [-0.25, -0.2) is 8.42 Å². The van der Waals surface area contributed by atoms with Crippen molar-refractivity contribution in [2.45, 2.75) is 102 Å². The Morgan fingerprint density at radius 3 is 1.53 bits per heavy atom. The highest BCUT2D eigenvalue weighted by Gasteiger charge is 2.38. The fourth-order valence-corrected chi connectivity index (χ4v) is 7.17. The molecular weight excluding hydrogens is 619 g/mol. The molecule has 250 valence electrons. The first-order chi connectivity index (χ1) is 22.6. The lowest BCUT2D eigenvalue weighted by molar-refractivity contribution is -0.676. The number of pyridine rings is 1. The van der Waals surface area contributed by atoms with E-state index in [1.54, 1.807) is 11.1 Å². The summed E-state index contributed by atoms with van der Waals surface area (Å²) in [5.74, 6) is 0. The van der Waals surface area contributed by atoms with Crippen LogP contribution in [0.25, 0.3) is 33.6 Å². The van der Waals surface area contributed by atoms with Gasteiger partial charge in [0.2, 0.25) is 11.4 Å². The van der Waals surface area contributed by atoms with Crippen molar-refractivity contribution in [3.8, 4) is 33.6 Å². The summed E-state index contributed by atoms with van der Waals surface area (Å²) in [6.07, 6.45) is 16.8. The maximum absolute atomic E-state index is 10.7. The summed E-state index contributed by atoms with van der Waals surface area (Å²) >= 11 is 0. The number of hydrogen-bond donors (Lipinski definition) is 0. The molecule has 0 saturated heterocycles. The molecule has 0 spiro atoms. The van der Waals surface area contributed by atoms with E-state index in [4.69, 9.17) is 13.0 Å². The highest BCUT2D eigenvalue weighted by molar-refractivity contribution is 7.86. The molecule has 4 aromatic rings. The van der Waals surface area contributed by atoms with Gasteiger partial charge in [0.1, 0.15) is 6.54 Å². The molecule has 6 rings (SSSR count). The van der Waals surface area contributed by atoms with Gasteiger partial charge < -0.3 is 4.55 Å². The molecule has 2 aliphatic carbocycles. The van der Waals surface area contributed by atoms with E-state index in [9.17, 15) is 13.2 Å². The minimum atomic E-state index is -6.09. The second-order valence-electron chi connectivity index (χ2n) is 12.6. The van der Waals surface area contributed by atoms with Crippen molar-refractivity contribution in [1.82, 2.24) is 0 Å². The third-order valence-corrected chi connectivity index (χ3v) is 9.95. The fraction of sp³-hybridized carbons (Fsp3) is 0.410. The van der Waals surface area contributed by atoms with Gasteiger partial charge in [-0.1, -0.05) is 119 Å². The van der Waals surface area contributed by atoms with Gasteiger partial charge in [-0.2, -0.15) is 17.7 Å². The summed E-state index contributed by atoms with van der Waals surface area (Å²) in [5.41, 5.74) is 9.33. The van der Waals surface area contributed by atoms with Crippen LogP contribution in [-0.2, 0) is 42.3 Å². The SMILES string of the molecule is CCCCCCCCCCC[n+]1c2c(c(-c3ccccc3)c3c1-c1ccccc1CC3)CCc1ccccc1-2.O=S(=O)([O-])C(F)(F)F. The Balaban J connectivity index is 0.000000483. The molecule has 0 radical (unpaired) electrons. The number of nitrogens with zero attached hydrogens (tertiary/aromatic N) is 1. The highest BCUT2D eigenvalue weighted by atomic mass is 32.2. The number of aromatic nitrogens is 1. The van der Waals surface area contributed by atoms with Crippen molar-refractivity contribution in [3.05, 3.63) is 101 Å². The molecule has 0 fully saturated rings. The normalized spacial score (nSPS) is 13.5. The van der Waals surface area contributed by atoms with Crippen LogP contribution in [0.15, 0.2) is 78.9 Å². The number of aryl methyl sites for hydroxylation is 2. The molecule has 3 aromatic carbocycles. The molecular formula is C39H44F3NO3S. The predicted octanol–water partition coefficient (Wildman–Crippen LogP) is 9.75. The van der Waals surface area contributed by atoms with Gasteiger partial charge in [-0.15, -0.1) is 0 Å². The van der Waals surface area contributed by atoms with Gasteiger partial charge in [0.25, 0.3) is 0 Å². The summed E-state index contributed by atoms with van der Waals surface area (Å²) < 4.78 is 61.7. The van der Waals surface area contributed by atoms with Crippen LogP contribution in [0.3, 0.4) is 0 Å². The topological polar surface area (TPSA) is 61.1 Å². The zero-order chi connectivity index (χ0) is 33.4. The van der Waals surface area contributed by atoms with E-state index < -0.39 is 15.6 Å². The Kier molecular flexibility index (Phi) is 11.6. The minimum Gasteiger partial charge on any atom is -0.741 e. The first kappa shape index (κ1) is 34.8. The quantitative estimate of drug-likeness (QED) is 0.0695. The summed E-state index contributed by atoms with van der Waals surface area (Å²) in [4.78, 5) is 0. The Hall–Kier alpha value is -3.49. The van der Waals surface area contributed by atoms with Gasteiger partial charge in [-0.05, 0) is 60.9 Å². The summed E-state index contributed by atoms with van der Waals surface area (Å²) in [5, 5.41) is 0. The van der Waals surface area contributed by atoms with E-state index in [2.05, 4.69) is 90.4 Å². The first-order valence-corrected chi connectivity index (χ1v) is 18.4. The van der Waals surface area contributed by atoms with Crippen molar-refractivity contribution in [2.75, 3.05) is 0 Å². The second kappa shape index (κ2) is 15.6. The smallest absolute Gasteiger partial charge is 0.485 e. The number of alkyl halides is 3. The predicted molar refractivity (Wildman–Crippen MR) is 181 cm³/mol. The van der Waals surface area contributed by atoms with Crippen LogP contribution in [0.5, 0.6) is 0 Å². The molecule has 0 N–H and O–H groups in total. The zero-order valence-electron chi connectivity index (χ0n) is 27.1. The molecule has 0 saturated carbocycles. The van der Waals surface area contributed by atoms with Crippen molar-refractivity contribution >= 4 is 10.1 Å². The van der Waals surface area contributed by atoms with Crippen LogP contribution in [0.1, 0.15) is 87.0 Å². The van der Waals surface area contributed by atoms with Crippen molar-refractivity contribution in [2.24, 2.45) is 0 Å². The third kappa shape index (κ3) is 8.15. The maximum atomic E-state index is 10.7. The van der Waals surface area contributed by atoms with E-state index in [-0.39, 0.29) is 0 Å². The molecule has 0 unspecified atom stereocenters. The zero-order valence-corrected chi connectivity index (χ0v) is 27.9. The van der Waals surface area contributed by atoms with Gasteiger partial charge in [0.15, 0.2) is 10.1 Å². The monoisotopic (exact) mass is 663 g/mol. The van der Waals surface area contributed by atoms with Gasteiger partial charge in [0.05, 0.1) is 0 Å². The Morgan fingerprint density at radius 2 is 1.06 bits per heavy atom. The number of hydrogen-bond acceptors (Lipinski definition) is 3. The number of fused-ring (bicyclic) bond motifs is 6. The number of benzene rings is 3. The van der Waals surface area contributed by atoms with Crippen molar-refractivity contribution < 1.29 is 30.7 Å². The largest absolute Gasteiger partial charge is 0.741 e. The maximum Gasteiger partial charge on any atom is 0.485 e. The Morgan fingerprint density at radius 1 is 0.638 bits per heavy atom. The molecule has 1 aromatic heterocycles. The van der Waals surface area contributed by atoms with Gasteiger partial charge >= 0.3 is 5.51 Å². The van der Waals surface area contributed by atoms with Crippen LogP contribution in [-0.4, -0.2) is 18.5 Å². The minimum absolute atomic E-state index is 1.11. The lowest BCUT2D eigenvalue weighted by Gasteiger charge is -2.28. The number of rotatable bonds is 11. The Bertz CT molecular complexity index is 1690. The number of unbranched alkanes of at least 4 members (excludes halogenated alkanes) is 8. The van der Waals surface area contributed by atoms with Crippen molar-refractivity contribution in [1.29, 1.82) is 0 Å². The van der Waals surface area contributed by atoms with Crippen LogP contribution in [0, 0.1) is 0 Å². The molecule has 0 bridgehead atoms. The van der Waals surface area contributed by atoms with E-state index in [1.807, 2.05) is 0 Å². The molecule has 1 heterocycles. The molecule has 0 atom stereocenters. The van der Waals surface area contributed by atoms with Crippen LogP contribution in [0.2, 0.25) is 0 Å². The first-order valence-electron chi connectivity index (χ1n) is 17.0. The van der Waals surface area contributed by atoms with E-state index >= 15 is 0 Å². The second-order valence-corrected chi connectivity index (χ2v) is 14.0. The van der Waals surface area contributed by atoms with E-state index in [1.165, 1.54) is 103 Å². The molecule has 8 heteroatoms. The molecule has 4 nitrogen and oxygen atoms in total. The summed E-state index contributed by atoms with van der Waals surface area (Å²) in [7, 11) is -6.09. The average molecular weight is 664 g/mol. The standard InChI is InChI=1S/C38H44N.CHF3O3S/c1-2-3-4-5-6-7-8-9-17-28-39-37-32-22-15-13-18-29(32)24-26-34(37)36(31-20-11-10-12-21-31)35-27-25-30-19-14-16-23-33(30)38(35)39;2-1(3,4)8(5,6)7/h10-16,18-23H,2-9,17,24-28H2,1H3;(H,5,6,7)/q+1;/p-1. The molecule has 2 aliphatic rings. The average Bonchev–Trinajstić information content (AvgIpc) is 3.06. The van der Waals surface area contributed by atoms with Crippen LogP contribution >= 0.6 is 0 Å². The molecule has 0 amide bonds. The van der Waals surface area contributed by atoms with Gasteiger partial charge in [0, 0.05) is 34.2 Å². The van der Waals surface area contributed by atoms with Crippen molar-refractivity contribution in [3.63, 3.8) is 0 Å². The molecule has 0 aliphatic heterocycles. The summed E-state index contributed by atoms with van der Waals surface area (Å²) in [6, 6.07) is 29.7. The lowest BCUT2D eigenvalue weighted by Crippen LogP contribution is -2.43. The fourth-order valence-electron chi connectivity index (χ4n) is 7.17. The van der Waals surface area contributed by atoms with Crippen LogP contribution in [0.4, 0.5) is 13.2 Å². The Labute approximate surface area is 277 Å². The van der Waals surface area contributed by atoms with E-state index in [0.717, 1.165) is 32.2 Å². The lowest BCUT2D eigenvalue weighted by atomic mass is 9.77. The molecule has 47 heavy (non-hydrogen) atoms. The highest BCUT2D eigenvalue weighted by Crippen LogP contribution is 2.44. The van der Waals surface area contributed by atoms with E-state index in [0.29, 0.717) is 0 Å². The third-order valence-electron chi connectivity index (χ3n) is 9.38. The van der Waals surface area contributed by atoms with Gasteiger partial charge in [-0.3, -0.25) is 0 Å². The van der Waals surface area contributed by atoms with Crippen LogP contribution < -0.4 is 4.57 Å².